The van der Waals surface area contributed by atoms with Gasteiger partial charge in [0.2, 0.25) is 10.0 Å². The van der Waals surface area contributed by atoms with Gasteiger partial charge in [0.1, 0.15) is 0 Å². The summed E-state index contributed by atoms with van der Waals surface area (Å²) >= 11 is 6.59. The molecule has 0 heterocycles. The maximum atomic E-state index is 12.0. The molecule has 20 heavy (non-hydrogen) atoms. The van der Waals surface area contributed by atoms with Crippen LogP contribution in [-0.2, 0) is 16.4 Å². The first-order valence-corrected chi connectivity index (χ1v) is 9.60. The molecule has 4 nitrogen and oxygen atoms in total. The summed E-state index contributed by atoms with van der Waals surface area (Å²) in [4.78, 5) is 0.668. The Bertz CT molecular complexity index is 527. The molecule has 0 spiro atoms. The van der Waals surface area contributed by atoms with E-state index in [1.807, 2.05) is 6.26 Å². The van der Waals surface area contributed by atoms with Gasteiger partial charge in [0.25, 0.3) is 0 Å². The van der Waals surface area contributed by atoms with Crippen LogP contribution in [-0.4, -0.2) is 32.0 Å². The van der Waals surface area contributed by atoms with Crippen molar-refractivity contribution in [1.29, 1.82) is 0 Å². The molecule has 0 saturated carbocycles. The van der Waals surface area contributed by atoms with Crippen LogP contribution in [0.1, 0.15) is 18.4 Å². The minimum atomic E-state index is -3.41. The number of sulfonamides is 1. The van der Waals surface area contributed by atoms with Crippen LogP contribution in [0.4, 0.5) is 0 Å². The third-order valence-electron chi connectivity index (χ3n) is 2.68. The second kappa shape index (κ2) is 8.61. The zero-order valence-corrected chi connectivity index (χ0v) is 13.9. The van der Waals surface area contributed by atoms with Crippen molar-refractivity contribution >= 4 is 39.0 Å². The molecule has 7 heteroatoms. The lowest BCUT2D eigenvalue weighted by atomic mass is 10.1. The van der Waals surface area contributed by atoms with Crippen LogP contribution in [0.25, 0.3) is 0 Å². The predicted molar refractivity (Wildman–Crippen MR) is 89.7 cm³/mol. The highest BCUT2D eigenvalue weighted by Gasteiger charge is 2.12. The van der Waals surface area contributed by atoms with E-state index in [-0.39, 0.29) is 4.90 Å². The van der Waals surface area contributed by atoms with Crippen molar-refractivity contribution in [1.82, 2.24) is 4.72 Å². The van der Waals surface area contributed by atoms with E-state index in [2.05, 4.69) is 4.72 Å². The van der Waals surface area contributed by atoms with Crippen LogP contribution < -0.4 is 10.5 Å². The number of unbranched alkanes of at least 4 members (excludes halogenated alkanes) is 1. The van der Waals surface area contributed by atoms with Crippen molar-refractivity contribution in [2.45, 2.75) is 24.2 Å². The zero-order valence-electron chi connectivity index (χ0n) is 11.5. The monoisotopic (exact) mass is 332 g/mol. The fraction of sp³-hybridized carbons (Fsp3) is 0.462. The van der Waals surface area contributed by atoms with Gasteiger partial charge in [0.05, 0.1) is 9.88 Å². The molecule has 1 rings (SSSR count). The molecule has 0 aromatic heterocycles. The van der Waals surface area contributed by atoms with Gasteiger partial charge in [-0.2, -0.15) is 11.8 Å². The molecule has 112 valence electrons. The molecular formula is C13H20N2O2S3. The van der Waals surface area contributed by atoms with Crippen LogP contribution in [0.3, 0.4) is 0 Å². The maximum Gasteiger partial charge on any atom is 0.240 e. The van der Waals surface area contributed by atoms with E-state index in [4.69, 9.17) is 18.0 Å². The molecule has 3 N–H and O–H groups in total. The third-order valence-corrected chi connectivity index (χ3v) is 5.00. The number of rotatable bonds is 9. The maximum absolute atomic E-state index is 12.0. The Labute approximate surface area is 130 Å². The van der Waals surface area contributed by atoms with Crippen LogP contribution >= 0.6 is 24.0 Å². The average molecular weight is 333 g/mol. The van der Waals surface area contributed by atoms with Crippen molar-refractivity contribution < 1.29 is 8.42 Å². The van der Waals surface area contributed by atoms with Gasteiger partial charge in [-0.25, -0.2) is 13.1 Å². The molecule has 0 unspecified atom stereocenters. The predicted octanol–water partition coefficient (Wildman–Crippen LogP) is 1.94. The van der Waals surface area contributed by atoms with Crippen LogP contribution in [0.5, 0.6) is 0 Å². The summed E-state index contributed by atoms with van der Waals surface area (Å²) in [6, 6.07) is 6.64. The highest BCUT2D eigenvalue weighted by atomic mass is 32.2. The summed E-state index contributed by atoms with van der Waals surface area (Å²) in [5.41, 5.74) is 6.37. The standard InChI is InChI=1S/C13H20N2O2S3/c1-19-9-3-2-8-15-20(16,17)12-6-4-11(5-7-12)10-13(14)18/h4-7,15H,2-3,8-10H2,1H3,(H2,14,18). The topological polar surface area (TPSA) is 72.2 Å². The Kier molecular flexibility index (Phi) is 7.50. The molecule has 0 aliphatic rings. The number of hydrogen-bond donors (Lipinski definition) is 2. The lowest BCUT2D eigenvalue weighted by Gasteiger charge is -2.07. The molecule has 1 aromatic carbocycles. The normalized spacial score (nSPS) is 11.4. The molecule has 0 bridgehead atoms. The number of nitrogens with one attached hydrogen (secondary N) is 1. The van der Waals surface area contributed by atoms with E-state index >= 15 is 0 Å². The molecule has 0 atom stereocenters. The quantitative estimate of drug-likeness (QED) is 0.534. The Morgan fingerprint density at radius 1 is 1.30 bits per heavy atom. The van der Waals surface area contributed by atoms with Crippen LogP contribution in [0, 0.1) is 0 Å². The molecule has 0 radical (unpaired) electrons. The first kappa shape index (κ1) is 17.4. The van der Waals surface area contributed by atoms with Gasteiger partial charge in [-0.05, 0) is 42.5 Å². The Hall–Kier alpha value is -0.630. The van der Waals surface area contributed by atoms with Gasteiger partial charge < -0.3 is 5.73 Å². The van der Waals surface area contributed by atoms with Gasteiger partial charge in [-0.1, -0.05) is 24.4 Å². The second-order valence-corrected chi connectivity index (χ2v) is 7.66. The Morgan fingerprint density at radius 3 is 2.50 bits per heavy atom. The number of thiocarbonyl (C=S) groups is 1. The molecular weight excluding hydrogens is 312 g/mol. The fourth-order valence-electron chi connectivity index (χ4n) is 1.65. The molecule has 0 aliphatic heterocycles. The smallest absolute Gasteiger partial charge is 0.240 e. The van der Waals surface area contributed by atoms with E-state index in [9.17, 15) is 8.42 Å². The molecule has 0 fully saturated rings. The van der Waals surface area contributed by atoms with Gasteiger partial charge >= 0.3 is 0 Å². The summed E-state index contributed by atoms with van der Waals surface area (Å²) in [6.45, 7) is 0.470. The van der Waals surface area contributed by atoms with Gasteiger partial charge in [-0.15, -0.1) is 0 Å². The summed E-state index contributed by atoms with van der Waals surface area (Å²) in [6.07, 6.45) is 4.38. The molecule has 1 aromatic rings. The Morgan fingerprint density at radius 2 is 1.95 bits per heavy atom. The lowest BCUT2D eigenvalue weighted by Crippen LogP contribution is -2.24. The van der Waals surface area contributed by atoms with Crippen LogP contribution in [0.2, 0.25) is 0 Å². The summed E-state index contributed by atoms with van der Waals surface area (Å²) in [5.74, 6) is 1.05. The summed E-state index contributed by atoms with van der Waals surface area (Å²) in [7, 11) is -3.41. The fourth-order valence-corrected chi connectivity index (χ4v) is 3.38. The SMILES string of the molecule is CSCCCCNS(=O)(=O)c1ccc(CC(N)=S)cc1. The van der Waals surface area contributed by atoms with E-state index < -0.39 is 10.0 Å². The third kappa shape index (κ3) is 6.21. The van der Waals surface area contributed by atoms with Gasteiger partial charge in [0, 0.05) is 13.0 Å². The highest BCUT2D eigenvalue weighted by molar-refractivity contribution is 7.98. The number of nitrogens with two attached hydrogens (primary N) is 1. The van der Waals surface area contributed by atoms with Crippen molar-refractivity contribution in [3.05, 3.63) is 29.8 Å². The molecule has 0 saturated heterocycles. The van der Waals surface area contributed by atoms with Gasteiger partial charge in [0.15, 0.2) is 0 Å². The van der Waals surface area contributed by atoms with Crippen molar-refractivity contribution in [3.8, 4) is 0 Å². The van der Waals surface area contributed by atoms with Gasteiger partial charge in [-0.3, -0.25) is 0 Å². The van der Waals surface area contributed by atoms with E-state index in [1.165, 1.54) is 0 Å². The molecule has 0 aliphatic carbocycles. The number of hydrogen-bond acceptors (Lipinski definition) is 4. The van der Waals surface area contributed by atoms with E-state index in [0.29, 0.717) is 18.0 Å². The lowest BCUT2D eigenvalue weighted by molar-refractivity contribution is 0.578. The minimum absolute atomic E-state index is 0.272. The van der Waals surface area contributed by atoms with Crippen LogP contribution in [0.15, 0.2) is 29.2 Å². The second-order valence-electron chi connectivity index (χ2n) is 4.38. The zero-order chi connectivity index (χ0) is 15.0. The average Bonchev–Trinajstić information content (AvgIpc) is 2.38. The number of benzene rings is 1. The minimum Gasteiger partial charge on any atom is -0.393 e. The highest BCUT2D eigenvalue weighted by Crippen LogP contribution is 2.11. The first-order valence-electron chi connectivity index (χ1n) is 6.31. The van der Waals surface area contributed by atoms with E-state index in [0.717, 1.165) is 24.2 Å². The van der Waals surface area contributed by atoms with Crippen molar-refractivity contribution in [3.63, 3.8) is 0 Å². The van der Waals surface area contributed by atoms with E-state index in [1.54, 1.807) is 36.0 Å². The summed E-state index contributed by atoms with van der Waals surface area (Å²) in [5, 5.41) is 0. The first-order chi connectivity index (χ1) is 9.45. The van der Waals surface area contributed by atoms with Crippen molar-refractivity contribution in [2.24, 2.45) is 5.73 Å². The largest absolute Gasteiger partial charge is 0.393 e. The Balaban J connectivity index is 2.56. The molecule has 0 amide bonds. The number of thioether (sulfide) groups is 1. The van der Waals surface area contributed by atoms with Crippen molar-refractivity contribution in [2.75, 3.05) is 18.6 Å². The summed E-state index contributed by atoms with van der Waals surface area (Å²) < 4.78 is 26.7.